The number of aryl methyl sites for hydroxylation is 2. The monoisotopic (exact) mass is 488 g/mol. The number of hydrogen-bond donors (Lipinski definition) is 0. The fourth-order valence-corrected chi connectivity index (χ4v) is 3.45. The summed E-state index contributed by atoms with van der Waals surface area (Å²) in [4.78, 5) is 0. The number of nitrogens with zero attached hydrogens (tertiary/aromatic N) is 2. The Morgan fingerprint density at radius 2 is 1.28 bits per heavy atom. The van der Waals surface area contributed by atoms with Crippen molar-refractivity contribution < 1.29 is 35.1 Å². The Bertz CT molecular complexity index is 682. The van der Waals surface area contributed by atoms with Gasteiger partial charge in [0.2, 0.25) is 6.33 Å². The summed E-state index contributed by atoms with van der Waals surface area (Å²) >= 11 is 0. The van der Waals surface area contributed by atoms with Gasteiger partial charge in [-0.2, -0.15) is 8.78 Å². The molecule has 1 aromatic heterocycles. The molecule has 0 aliphatic heterocycles. The van der Waals surface area contributed by atoms with Crippen LogP contribution in [0.4, 0.5) is 17.6 Å². The van der Waals surface area contributed by atoms with Crippen molar-refractivity contribution in [2.24, 2.45) is 7.05 Å². The zero-order valence-electron chi connectivity index (χ0n) is 19.5. The van der Waals surface area contributed by atoms with E-state index in [0.29, 0.717) is 0 Å². The molecule has 0 radical (unpaired) electrons. The second-order valence-corrected chi connectivity index (χ2v) is 9.68. The highest BCUT2D eigenvalue weighted by molar-refractivity contribution is 7.86. The summed E-state index contributed by atoms with van der Waals surface area (Å²) in [6, 6.07) is 0. The van der Waals surface area contributed by atoms with E-state index in [0.717, 1.165) is 0 Å². The van der Waals surface area contributed by atoms with Gasteiger partial charge < -0.3 is 4.55 Å². The molecule has 0 aromatic carbocycles. The van der Waals surface area contributed by atoms with Gasteiger partial charge in [0, 0.05) is 0 Å². The first-order valence-corrected chi connectivity index (χ1v) is 13.1. The zero-order chi connectivity index (χ0) is 24.5. The molecule has 1 heterocycles. The maximum Gasteiger partial charge on any atom is 0.393 e. The van der Waals surface area contributed by atoms with E-state index in [1.54, 1.807) is 0 Å². The van der Waals surface area contributed by atoms with Gasteiger partial charge in [0.05, 0.1) is 13.6 Å². The standard InChI is InChI=1S/C20H39N2.C2H2F4O3S/c1-3-4-5-6-7-8-9-10-11-12-13-14-15-16-17-22-19-18-21(2)20-22;3-1(4)2(5,6)10(7,8)9/h18-20H,3-17H2,1-2H3;1H,(H,7,8,9)/q+1;/p-1. The molecule has 0 N–H and O–H groups in total. The predicted octanol–water partition coefficient (Wildman–Crippen LogP) is 6.18. The molecular weight excluding hydrogens is 448 g/mol. The molecule has 0 spiro atoms. The fraction of sp³-hybridized carbons (Fsp3) is 0.864. The minimum atomic E-state index is -6.23. The van der Waals surface area contributed by atoms with Crippen LogP contribution >= 0.6 is 0 Å². The van der Waals surface area contributed by atoms with E-state index >= 15 is 0 Å². The van der Waals surface area contributed by atoms with Gasteiger partial charge in [-0.3, -0.25) is 0 Å². The van der Waals surface area contributed by atoms with E-state index in [1.807, 2.05) is 0 Å². The molecular formula is C22H40F4N2O3S. The lowest BCUT2D eigenvalue weighted by Crippen LogP contribution is -2.36. The van der Waals surface area contributed by atoms with E-state index < -0.39 is 21.8 Å². The van der Waals surface area contributed by atoms with E-state index in [4.69, 9.17) is 0 Å². The van der Waals surface area contributed by atoms with Gasteiger partial charge in [-0.15, -0.1) is 0 Å². The molecule has 5 nitrogen and oxygen atoms in total. The average molecular weight is 489 g/mol. The molecule has 0 atom stereocenters. The molecule has 190 valence electrons. The molecule has 0 fully saturated rings. The first-order chi connectivity index (χ1) is 15.0. The second-order valence-electron chi connectivity index (χ2n) is 8.23. The molecule has 10 heteroatoms. The molecule has 0 aliphatic rings. The molecule has 0 unspecified atom stereocenters. The lowest BCUT2D eigenvalue weighted by atomic mass is 10.0. The molecule has 0 aliphatic carbocycles. The molecule has 1 rings (SSSR count). The van der Waals surface area contributed by atoms with E-state index in [2.05, 4.69) is 41.8 Å². The lowest BCUT2D eigenvalue weighted by Gasteiger charge is -2.17. The van der Waals surface area contributed by atoms with Crippen LogP contribution in [-0.2, 0) is 23.7 Å². The number of alkyl halides is 4. The highest BCUT2D eigenvalue weighted by Gasteiger charge is 2.48. The average Bonchev–Trinajstić information content (AvgIpc) is 3.13. The van der Waals surface area contributed by atoms with E-state index in [1.165, 1.54) is 96.4 Å². The molecule has 0 saturated carbocycles. The van der Waals surface area contributed by atoms with Gasteiger partial charge in [0.1, 0.15) is 12.4 Å². The molecule has 1 aromatic rings. The van der Waals surface area contributed by atoms with Crippen LogP contribution in [0.15, 0.2) is 18.7 Å². The summed E-state index contributed by atoms with van der Waals surface area (Å²) in [7, 11) is -4.15. The summed E-state index contributed by atoms with van der Waals surface area (Å²) in [5.41, 5.74) is 0. The Morgan fingerprint density at radius 1 is 0.875 bits per heavy atom. The first-order valence-electron chi connectivity index (χ1n) is 11.6. The van der Waals surface area contributed by atoms with Crippen LogP contribution in [0.1, 0.15) is 96.8 Å². The van der Waals surface area contributed by atoms with Crippen LogP contribution in [0.25, 0.3) is 0 Å². The predicted molar refractivity (Wildman–Crippen MR) is 117 cm³/mol. The van der Waals surface area contributed by atoms with Gasteiger partial charge in [-0.1, -0.05) is 84.0 Å². The molecule has 0 saturated heterocycles. The second kappa shape index (κ2) is 17.3. The van der Waals surface area contributed by atoms with Gasteiger partial charge in [0.25, 0.3) is 0 Å². The van der Waals surface area contributed by atoms with Crippen molar-refractivity contribution in [3.05, 3.63) is 18.7 Å². The van der Waals surface area contributed by atoms with Crippen LogP contribution in [0.2, 0.25) is 0 Å². The van der Waals surface area contributed by atoms with Crippen LogP contribution in [0.3, 0.4) is 0 Å². The number of halogens is 4. The third-order valence-electron chi connectivity index (χ3n) is 5.18. The van der Waals surface area contributed by atoms with Gasteiger partial charge in [-0.25, -0.2) is 26.3 Å². The first kappa shape index (κ1) is 30.8. The van der Waals surface area contributed by atoms with Crippen molar-refractivity contribution in [1.29, 1.82) is 0 Å². The Labute approximate surface area is 191 Å². The largest absolute Gasteiger partial charge is 0.743 e. The third kappa shape index (κ3) is 14.8. The van der Waals surface area contributed by atoms with Crippen molar-refractivity contribution in [3.8, 4) is 0 Å². The van der Waals surface area contributed by atoms with Crippen LogP contribution in [-0.4, -0.2) is 29.2 Å². The number of hydrogen-bond acceptors (Lipinski definition) is 3. The topological polar surface area (TPSA) is 66.0 Å². The van der Waals surface area contributed by atoms with E-state index in [-0.39, 0.29) is 0 Å². The quantitative estimate of drug-likeness (QED) is 0.114. The Hall–Kier alpha value is -1.16. The maximum atomic E-state index is 11.4. The smallest absolute Gasteiger partial charge is 0.393 e. The Morgan fingerprint density at radius 3 is 1.56 bits per heavy atom. The van der Waals surface area contributed by atoms with Crippen molar-refractivity contribution in [2.45, 2.75) is 115 Å². The third-order valence-corrected chi connectivity index (χ3v) is 6.03. The molecule has 0 amide bonds. The van der Waals surface area contributed by atoms with Crippen LogP contribution in [0, 0.1) is 0 Å². The minimum absolute atomic E-state index is 1.18. The number of rotatable bonds is 17. The van der Waals surface area contributed by atoms with Crippen LogP contribution < -0.4 is 4.57 Å². The number of aromatic nitrogens is 2. The zero-order valence-corrected chi connectivity index (χ0v) is 20.3. The summed E-state index contributed by atoms with van der Waals surface area (Å²) in [5, 5.41) is -5.48. The van der Waals surface area contributed by atoms with E-state index in [9.17, 15) is 30.5 Å². The summed E-state index contributed by atoms with van der Waals surface area (Å²) < 4.78 is 77.1. The van der Waals surface area contributed by atoms with Crippen LogP contribution in [0.5, 0.6) is 0 Å². The maximum absolute atomic E-state index is 11.4. The number of unbranched alkanes of at least 4 members (excludes halogenated alkanes) is 13. The summed E-state index contributed by atoms with van der Waals surface area (Å²) in [5.74, 6) is 0. The van der Waals surface area contributed by atoms with Gasteiger partial charge in [0.15, 0.2) is 10.1 Å². The highest BCUT2D eigenvalue weighted by atomic mass is 32.2. The highest BCUT2D eigenvalue weighted by Crippen LogP contribution is 2.27. The van der Waals surface area contributed by atoms with Gasteiger partial charge >= 0.3 is 11.7 Å². The fourth-order valence-electron chi connectivity index (χ4n) is 3.23. The molecule has 32 heavy (non-hydrogen) atoms. The SMILES string of the molecule is CCCCCCCCCCCCCCCC[n+]1ccn(C)c1.O=S(=O)([O-])C(F)(F)C(F)F. The Kier molecular flexibility index (Phi) is 16.7. The minimum Gasteiger partial charge on any atom is -0.743 e. The van der Waals surface area contributed by atoms with Crippen molar-refractivity contribution >= 4 is 10.1 Å². The van der Waals surface area contributed by atoms with Crippen molar-refractivity contribution in [3.63, 3.8) is 0 Å². The summed E-state index contributed by atoms with van der Waals surface area (Å²) in [6.45, 7) is 3.47. The summed E-state index contributed by atoms with van der Waals surface area (Å²) in [6.07, 6.45) is 22.1. The number of imidazole rings is 1. The van der Waals surface area contributed by atoms with Crippen molar-refractivity contribution in [2.75, 3.05) is 0 Å². The van der Waals surface area contributed by atoms with Gasteiger partial charge in [-0.05, 0) is 12.8 Å². The lowest BCUT2D eigenvalue weighted by molar-refractivity contribution is -0.696. The normalized spacial score (nSPS) is 12.1. The van der Waals surface area contributed by atoms with Crippen molar-refractivity contribution in [1.82, 2.24) is 4.57 Å². The molecule has 0 bridgehead atoms. The Balaban J connectivity index is 0.000000809.